The van der Waals surface area contributed by atoms with Gasteiger partial charge in [-0.2, -0.15) is 0 Å². The van der Waals surface area contributed by atoms with E-state index in [1.165, 1.54) is 103 Å². The van der Waals surface area contributed by atoms with E-state index in [-0.39, 0.29) is 33.8 Å². The fourth-order valence-electron chi connectivity index (χ4n) is 13.1. The predicted octanol–water partition coefficient (Wildman–Crippen LogP) is 14.1. The van der Waals surface area contributed by atoms with Crippen molar-refractivity contribution in [3.05, 3.63) is 130 Å². The number of nitrogens with zero attached hydrogens (tertiary/aromatic N) is 2. The molecule has 5 heteroatoms. The number of fused-ring (bicyclic) bond motifs is 11. The zero-order chi connectivity index (χ0) is 44.6. The molecule has 2 aromatic heterocycles. The molecule has 4 aliphatic carbocycles. The van der Waals surface area contributed by atoms with Gasteiger partial charge in [0, 0.05) is 45.5 Å². The molecule has 4 aromatic carbocycles. The van der Waals surface area contributed by atoms with E-state index in [0.29, 0.717) is 11.8 Å². The molecule has 4 nitrogen and oxygen atoms in total. The van der Waals surface area contributed by atoms with Crippen molar-refractivity contribution >= 4 is 73.7 Å². The van der Waals surface area contributed by atoms with Gasteiger partial charge < -0.3 is 18.6 Å². The normalized spacial score (nSPS) is 23.2. The van der Waals surface area contributed by atoms with E-state index in [4.69, 9.17) is 8.83 Å². The second-order valence-corrected chi connectivity index (χ2v) is 24.3. The summed E-state index contributed by atoms with van der Waals surface area (Å²) >= 11 is 0. The first-order chi connectivity index (χ1) is 30.2. The van der Waals surface area contributed by atoms with Crippen molar-refractivity contribution in [2.24, 2.45) is 22.7 Å². The van der Waals surface area contributed by atoms with Gasteiger partial charge in [-0.1, -0.05) is 125 Å². The number of anilines is 4. The van der Waals surface area contributed by atoms with Crippen molar-refractivity contribution in [3.8, 4) is 0 Å². The van der Waals surface area contributed by atoms with Crippen LogP contribution in [0, 0.1) is 29.6 Å². The Labute approximate surface area is 381 Å². The predicted molar refractivity (Wildman–Crippen MR) is 270 cm³/mol. The minimum atomic E-state index is -0.101. The summed E-state index contributed by atoms with van der Waals surface area (Å²) in [4.78, 5) is 5.30. The smallest absolute Gasteiger partial charge is 0.297 e. The third-order valence-electron chi connectivity index (χ3n) is 17.2. The lowest BCUT2D eigenvalue weighted by Gasteiger charge is -2.52. The zero-order valence-electron chi connectivity index (χ0n) is 40.3. The number of furan rings is 2. The Balaban J connectivity index is 1.19. The van der Waals surface area contributed by atoms with Gasteiger partial charge in [0.05, 0.1) is 17.0 Å². The summed E-state index contributed by atoms with van der Waals surface area (Å²) in [6.45, 7) is 29.1. The Bertz CT molecular complexity index is 3100. The lowest BCUT2D eigenvalue weighted by molar-refractivity contribution is 0.0327. The highest BCUT2D eigenvalue weighted by Crippen LogP contribution is 2.57. The molecule has 4 heterocycles. The third kappa shape index (κ3) is 5.61. The second-order valence-electron chi connectivity index (χ2n) is 24.3. The quantitative estimate of drug-likeness (QED) is 0.163. The van der Waals surface area contributed by atoms with Gasteiger partial charge in [0.1, 0.15) is 16.9 Å². The molecule has 0 N–H and O–H groups in total. The first kappa shape index (κ1) is 40.4. The fraction of sp³-hybridized carbons (Fsp3) is 0.424. The highest BCUT2D eigenvalue weighted by Gasteiger charge is 2.52. The van der Waals surface area contributed by atoms with Crippen LogP contribution in [0.3, 0.4) is 0 Å². The fourth-order valence-corrected chi connectivity index (χ4v) is 13.1. The Morgan fingerprint density at radius 3 is 2.09 bits per heavy atom. The summed E-state index contributed by atoms with van der Waals surface area (Å²) in [5.41, 5.74) is 20.3. The van der Waals surface area contributed by atoms with Gasteiger partial charge in [0.15, 0.2) is 0 Å². The van der Waals surface area contributed by atoms with Crippen LogP contribution in [-0.2, 0) is 22.7 Å². The van der Waals surface area contributed by atoms with Crippen molar-refractivity contribution in [2.45, 2.75) is 138 Å². The number of aryl methyl sites for hydroxylation is 2. The van der Waals surface area contributed by atoms with E-state index in [1.54, 1.807) is 0 Å². The highest BCUT2D eigenvalue weighted by atomic mass is 16.3. The van der Waals surface area contributed by atoms with Gasteiger partial charge in [-0.15, -0.1) is 0 Å². The van der Waals surface area contributed by atoms with Gasteiger partial charge in [-0.05, 0) is 154 Å². The largest absolute Gasteiger partial charge is 0.468 e. The van der Waals surface area contributed by atoms with Crippen LogP contribution in [0.4, 0.5) is 22.7 Å². The van der Waals surface area contributed by atoms with E-state index >= 15 is 0 Å². The number of allylic oxidation sites excluding steroid dienone is 4. The molecule has 6 aromatic rings. The van der Waals surface area contributed by atoms with Crippen LogP contribution < -0.4 is 26.4 Å². The lowest BCUT2D eigenvalue weighted by atomic mass is 9.35. The van der Waals surface area contributed by atoms with Crippen molar-refractivity contribution in [2.75, 3.05) is 9.80 Å². The lowest BCUT2D eigenvalue weighted by Crippen LogP contribution is -2.62. The zero-order valence-corrected chi connectivity index (χ0v) is 40.3. The van der Waals surface area contributed by atoms with Crippen LogP contribution >= 0.6 is 0 Å². The number of hydrogen-bond acceptors (Lipinski definition) is 4. The number of rotatable bonds is 2. The molecule has 0 spiro atoms. The second kappa shape index (κ2) is 13.0. The minimum Gasteiger partial charge on any atom is -0.468 e. The average Bonchev–Trinajstić information content (AvgIpc) is 3.82. The Kier molecular flexibility index (Phi) is 8.21. The van der Waals surface area contributed by atoms with Crippen LogP contribution in [-0.4, -0.2) is 6.71 Å². The Morgan fingerprint density at radius 2 is 1.36 bits per heavy atom. The van der Waals surface area contributed by atoms with Gasteiger partial charge in [-0.25, -0.2) is 0 Å². The number of benzene rings is 4. The van der Waals surface area contributed by atoms with Gasteiger partial charge >= 0.3 is 0 Å². The molecular weight excluding hydrogens is 779 g/mol. The van der Waals surface area contributed by atoms with E-state index < -0.39 is 0 Å². The molecule has 1 saturated carbocycles. The van der Waals surface area contributed by atoms with E-state index in [2.05, 4.69) is 184 Å². The molecule has 6 aliphatic rings. The standard InChI is InChI=1S/C59H65BN2O2/c1-34-28-46-52-47(29-34)62(44-17-15-19-50-51(44)37-16-13-14-18-48(37)63-50)53-38-30-35(55(2,3)4)20-23-49(38)64-54(53)60(52)43-32-41-42(59(11,12)27-26-58(41,9)10)33-45(43)61(46)36-21-22-39-40(31-36)57(7,8)25-24-56(39,5)6/h13-14,16-18,20-23,28-33,39-40H,15,19,24-27H2,1-12H3. The van der Waals surface area contributed by atoms with E-state index in [1.807, 2.05) is 0 Å². The molecule has 0 amide bonds. The van der Waals surface area contributed by atoms with Crippen molar-refractivity contribution in [3.63, 3.8) is 0 Å². The summed E-state index contributed by atoms with van der Waals surface area (Å²) in [6, 6.07) is 25.8. The maximum atomic E-state index is 7.47. The number of hydrogen-bond donors (Lipinski definition) is 0. The maximum absolute atomic E-state index is 7.47. The van der Waals surface area contributed by atoms with E-state index in [9.17, 15) is 0 Å². The van der Waals surface area contributed by atoms with Gasteiger partial charge in [0.25, 0.3) is 6.71 Å². The Hall–Kier alpha value is -5.16. The summed E-state index contributed by atoms with van der Waals surface area (Å²) in [5, 5.41) is 2.34. The summed E-state index contributed by atoms with van der Waals surface area (Å²) in [6.07, 6.45) is 16.9. The van der Waals surface area contributed by atoms with Crippen LogP contribution in [0.1, 0.15) is 142 Å². The molecule has 12 rings (SSSR count). The van der Waals surface area contributed by atoms with Crippen molar-refractivity contribution in [1.29, 1.82) is 0 Å². The summed E-state index contributed by atoms with van der Waals surface area (Å²) in [7, 11) is 0. The topological polar surface area (TPSA) is 32.8 Å². The van der Waals surface area contributed by atoms with Crippen LogP contribution in [0.5, 0.6) is 0 Å². The first-order valence-corrected chi connectivity index (χ1v) is 24.4. The highest BCUT2D eigenvalue weighted by molar-refractivity contribution is 7.00. The molecule has 0 bridgehead atoms. The van der Waals surface area contributed by atoms with Gasteiger partial charge in [0.2, 0.25) is 0 Å². The SMILES string of the molecule is Cc1cc2c3c(c1)N(C1=CCCc4oc5ccccc5c41)c1c(oc4ccc(C(C)(C)C)cc14)B3c1cc3c(cc1N2C1=CC2C(C=C1)C(C)(C)CCC2(C)C)C(C)(C)CCC3(C)C. The first-order valence-electron chi connectivity index (χ1n) is 24.4. The van der Waals surface area contributed by atoms with Crippen molar-refractivity contribution in [1.82, 2.24) is 0 Å². The van der Waals surface area contributed by atoms with Crippen LogP contribution in [0.25, 0.3) is 27.6 Å². The van der Waals surface area contributed by atoms with Crippen molar-refractivity contribution < 1.29 is 8.83 Å². The number of para-hydroxylation sites is 1. The van der Waals surface area contributed by atoms with E-state index in [0.717, 1.165) is 41.8 Å². The molecule has 0 saturated heterocycles. The third-order valence-corrected chi connectivity index (χ3v) is 17.2. The molecule has 0 radical (unpaired) electrons. The molecule has 64 heavy (non-hydrogen) atoms. The molecule has 1 fully saturated rings. The Morgan fingerprint density at radius 1 is 0.688 bits per heavy atom. The van der Waals surface area contributed by atoms with Crippen LogP contribution in [0.2, 0.25) is 0 Å². The summed E-state index contributed by atoms with van der Waals surface area (Å²) < 4.78 is 14.2. The average molecular weight is 845 g/mol. The summed E-state index contributed by atoms with van der Waals surface area (Å²) in [5.74, 6) is 2.00. The molecule has 326 valence electrons. The van der Waals surface area contributed by atoms with Crippen LogP contribution in [0.15, 0.2) is 106 Å². The maximum Gasteiger partial charge on any atom is 0.297 e. The van der Waals surface area contributed by atoms with Gasteiger partial charge in [-0.3, -0.25) is 0 Å². The minimum absolute atomic E-state index is 0.0325. The monoisotopic (exact) mass is 845 g/mol. The molecular formula is C59H65BN2O2. The molecule has 2 unspecified atom stereocenters. The molecule has 2 aliphatic heterocycles. The molecule has 2 atom stereocenters.